The summed E-state index contributed by atoms with van der Waals surface area (Å²) in [7, 11) is 1.74. The first-order valence-corrected chi connectivity index (χ1v) is 5.83. The van der Waals surface area contributed by atoms with Crippen molar-refractivity contribution in [2.75, 3.05) is 33.4 Å². The molecule has 0 amide bonds. The van der Waals surface area contributed by atoms with Crippen molar-refractivity contribution in [1.82, 2.24) is 4.90 Å². The van der Waals surface area contributed by atoms with E-state index in [1.807, 2.05) is 6.07 Å². The average molecular weight is 293 g/mol. The molecule has 5 heteroatoms. The Hall–Kier alpha value is -0.320. The zero-order valence-corrected chi connectivity index (χ0v) is 12.3. The van der Waals surface area contributed by atoms with Crippen LogP contribution in [0, 0.1) is 0 Å². The van der Waals surface area contributed by atoms with E-state index in [1.165, 1.54) is 5.56 Å². The Morgan fingerprint density at radius 1 is 1.22 bits per heavy atom. The van der Waals surface area contributed by atoms with Gasteiger partial charge < -0.3 is 10.5 Å². The van der Waals surface area contributed by atoms with Crippen LogP contribution in [-0.4, -0.2) is 44.3 Å². The van der Waals surface area contributed by atoms with Gasteiger partial charge in [-0.3, -0.25) is 4.90 Å². The van der Waals surface area contributed by atoms with Gasteiger partial charge in [-0.1, -0.05) is 30.3 Å². The second-order valence-corrected chi connectivity index (χ2v) is 4.43. The molecule has 3 nitrogen and oxygen atoms in total. The average Bonchev–Trinajstić information content (AvgIpc) is 2.69. The van der Waals surface area contributed by atoms with Crippen molar-refractivity contribution in [2.45, 2.75) is 12.0 Å². The van der Waals surface area contributed by atoms with Gasteiger partial charge in [0, 0.05) is 38.7 Å². The minimum atomic E-state index is 0. The zero-order chi connectivity index (χ0) is 11.4. The van der Waals surface area contributed by atoms with E-state index >= 15 is 0 Å². The minimum absolute atomic E-state index is 0. The number of benzene rings is 1. The van der Waals surface area contributed by atoms with Crippen LogP contribution in [0.4, 0.5) is 0 Å². The molecule has 1 heterocycles. The molecule has 0 saturated carbocycles. The Bertz CT molecular complexity index is 324. The first-order chi connectivity index (χ1) is 7.81. The molecule has 104 valence electrons. The van der Waals surface area contributed by atoms with E-state index in [0.29, 0.717) is 5.92 Å². The number of methoxy groups -OCH3 is 1. The van der Waals surface area contributed by atoms with E-state index in [1.54, 1.807) is 7.11 Å². The summed E-state index contributed by atoms with van der Waals surface area (Å²) in [6.45, 7) is 3.79. The third-order valence-corrected chi connectivity index (χ3v) is 3.28. The summed E-state index contributed by atoms with van der Waals surface area (Å²) in [5.41, 5.74) is 7.55. The number of nitrogens with zero attached hydrogens (tertiary/aromatic N) is 1. The molecule has 2 atom stereocenters. The Balaban J connectivity index is 0.00000144. The molecule has 0 bridgehead atoms. The fourth-order valence-corrected chi connectivity index (χ4v) is 2.37. The molecule has 0 aliphatic carbocycles. The molecule has 2 N–H and O–H groups in total. The van der Waals surface area contributed by atoms with Crippen LogP contribution in [0.1, 0.15) is 11.5 Å². The predicted octanol–water partition coefficient (Wildman–Crippen LogP) is 1.90. The van der Waals surface area contributed by atoms with E-state index in [2.05, 4.69) is 29.2 Å². The van der Waals surface area contributed by atoms with Crippen LogP contribution in [0.3, 0.4) is 0 Å². The monoisotopic (exact) mass is 292 g/mol. The maximum atomic E-state index is 6.19. The summed E-state index contributed by atoms with van der Waals surface area (Å²) in [6, 6.07) is 10.8. The molecule has 1 aliphatic rings. The summed E-state index contributed by atoms with van der Waals surface area (Å²) < 4.78 is 5.10. The van der Waals surface area contributed by atoms with Crippen LogP contribution in [-0.2, 0) is 4.74 Å². The van der Waals surface area contributed by atoms with Crippen molar-refractivity contribution in [3.63, 3.8) is 0 Å². The minimum Gasteiger partial charge on any atom is -0.383 e. The molecule has 18 heavy (non-hydrogen) atoms. The third kappa shape index (κ3) is 4.41. The maximum absolute atomic E-state index is 6.19. The number of likely N-dealkylation sites (tertiary alicyclic amines) is 1. The van der Waals surface area contributed by atoms with Crippen LogP contribution < -0.4 is 5.73 Å². The summed E-state index contributed by atoms with van der Waals surface area (Å²) >= 11 is 0. The molecule has 1 aromatic carbocycles. The molecule has 0 unspecified atom stereocenters. The van der Waals surface area contributed by atoms with Crippen molar-refractivity contribution in [3.8, 4) is 0 Å². The van der Waals surface area contributed by atoms with Gasteiger partial charge in [0.25, 0.3) is 0 Å². The Labute approximate surface area is 121 Å². The molecule has 1 saturated heterocycles. The molecule has 0 radical (unpaired) electrons. The highest BCUT2D eigenvalue weighted by atomic mass is 35.5. The fraction of sp³-hybridized carbons (Fsp3) is 0.538. The highest BCUT2D eigenvalue weighted by molar-refractivity contribution is 5.85. The van der Waals surface area contributed by atoms with Crippen LogP contribution in [0.25, 0.3) is 0 Å². The van der Waals surface area contributed by atoms with E-state index < -0.39 is 0 Å². The van der Waals surface area contributed by atoms with E-state index in [9.17, 15) is 0 Å². The summed E-state index contributed by atoms with van der Waals surface area (Å²) in [6.07, 6.45) is 0. The van der Waals surface area contributed by atoms with E-state index in [0.717, 1.165) is 26.2 Å². The smallest absolute Gasteiger partial charge is 0.0589 e. The normalized spacial score (nSPS) is 23.2. The lowest BCUT2D eigenvalue weighted by atomic mass is 9.95. The quantitative estimate of drug-likeness (QED) is 0.921. The lowest BCUT2D eigenvalue weighted by Gasteiger charge is -2.15. The highest BCUT2D eigenvalue weighted by Gasteiger charge is 2.30. The highest BCUT2D eigenvalue weighted by Crippen LogP contribution is 2.25. The largest absolute Gasteiger partial charge is 0.383 e. The number of halogens is 2. The van der Waals surface area contributed by atoms with Gasteiger partial charge >= 0.3 is 0 Å². The number of hydrogen-bond donors (Lipinski definition) is 1. The summed E-state index contributed by atoms with van der Waals surface area (Å²) in [4.78, 5) is 2.38. The van der Waals surface area contributed by atoms with E-state index in [-0.39, 0.29) is 30.9 Å². The second kappa shape index (κ2) is 8.73. The Morgan fingerprint density at radius 3 is 2.50 bits per heavy atom. The van der Waals surface area contributed by atoms with Crippen LogP contribution in [0.2, 0.25) is 0 Å². The van der Waals surface area contributed by atoms with Crippen LogP contribution in [0.5, 0.6) is 0 Å². The maximum Gasteiger partial charge on any atom is 0.0589 e. The topological polar surface area (TPSA) is 38.5 Å². The lowest BCUT2D eigenvalue weighted by Crippen LogP contribution is -2.30. The van der Waals surface area contributed by atoms with Crippen LogP contribution in [0.15, 0.2) is 30.3 Å². The first kappa shape index (κ1) is 17.7. The van der Waals surface area contributed by atoms with Gasteiger partial charge in [-0.05, 0) is 5.56 Å². The summed E-state index contributed by atoms with van der Waals surface area (Å²) in [5.74, 6) is 0.470. The molecule has 1 fully saturated rings. The Kier molecular flexibility index (Phi) is 8.57. The molecule has 1 aliphatic heterocycles. The Morgan fingerprint density at radius 2 is 1.89 bits per heavy atom. The lowest BCUT2D eigenvalue weighted by molar-refractivity contribution is 0.160. The molecular formula is C13H22Cl2N2O. The molecule has 0 aromatic heterocycles. The fourth-order valence-electron chi connectivity index (χ4n) is 2.37. The molecular weight excluding hydrogens is 271 g/mol. The zero-order valence-electron chi connectivity index (χ0n) is 10.6. The summed E-state index contributed by atoms with van der Waals surface area (Å²) in [5, 5.41) is 0. The number of hydrogen-bond acceptors (Lipinski definition) is 3. The first-order valence-electron chi connectivity index (χ1n) is 5.83. The standard InChI is InChI=1S/C13H20N2O.2ClH/c1-16-8-7-15-9-12(13(14)10-15)11-5-3-2-4-6-11;;/h2-6,12-13H,7-10,14H2,1H3;2*1H/t12-,13+;;/m0../s1. The van der Waals surface area contributed by atoms with Crippen molar-refractivity contribution >= 4 is 24.8 Å². The predicted molar refractivity (Wildman–Crippen MR) is 80.0 cm³/mol. The van der Waals surface area contributed by atoms with Crippen molar-refractivity contribution in [3.05, 3.63) is 35.9 Å². The van der Waals surface area contributed by atoms with Crippen molar-refractivity contribution in [1.29, 1.82) is 0 Å². The van der Waals surface area contributed by atoms with Gasteiger partial charge in [0.15, 0.2) is 0 Å². The van der Waals surface area contributed by atoms with Crippen molar-refractivity contribution in [2.24, 2.45) is 5.73 Å². The van der Waals surface area contributed by atoms with Gasteiger partial charge in [0.1, 0.15) is 0 Å². The van der Waals surface area contributed by atoms with Crippen molar-refractivity contribution < 1.29 is 4.74 Å². The molecule has 1 aromatic rings. The second-order valence-electron chi connectivity index (χ2n) is 4.43. The van der Waals surface area contributed by atoms with Gasteiger partial charge in [-0.2, -0.15) is 0 Å². The van der Waals surface area contributed by atoms with Crippen LogP contribution >= 0.6 is 24.8 Å². The van der Waals surface area contributed by atoms with E-state index in [4.69, 9.17) is 10.5 Å². The van der Waals surface area contributed by atoms with Gasteiger partial charge in [-0.15, -0.1) is 24.8 Å². The van der Waals surface area contributed by atoms with Gasteiger partial charge in [-0.25, -0.2) is 0 Å². The third-order valence-electron chi connectivity index (χ3n) is 3.28. The number of rotatable bonds is 4. The molecule has 0 spiro atoms. The number of ether oxygens (including phenoxy) is 1. The van der Waals surface area contributed by atoms with Gasteiger partial charge in [0.2, 0.25) is 0 Å². The molecule has 2 rings (SSSR count). The number of nitrogens with two attached hydrogens (primary N) is 1. The SMILES string of the molecule is COCCN1C[C@@H](N)[C@H](c2ccccc2)C1.Cl.Cl. The van der Waals surface area contributed by atoms with Gasteiger partial charge in [0.05, 0.1) is 6.61 Å².